The molecule has 1 amide bonds. The number of amides is 1. The van der Waals surface area contributed by atoms with Crippen LogP contribution in [0.25, 0.3) is 0 Å². The van der Waals surface area contributed by atoms with Crippen LogP contribution in [0.5, 0.6) is 5.75 Å². The molecule has 1 aromatic rings. The fourth-order valence-electron chi connectivity index (χ4n) is 2.16. The molecular formula is C14H16BrNO4. The minimum absolute atomic E-state index is 0.0521. The number of hydrogen-bond donors (Lipinski definition) is 1. The predicted molar refractivity (Wildman–Crippen MR) is 76.6 cm³/mol. The van der Waals surface area contributed by atoms with Gasteiger partial charge >= 0.3 is 5.97 Å². The van der Waals surface area contributed by atoms with Crippen LogP contribution in [0, 0.1) is 5.92 Å². The Morgan fingerprint density at radius 2 is 2.25 bits per heavy atom. The van der Waals surface area contributed by atoms with Gasteiger partial charge in [0.2, 0.25) is 5.91 Å². The molecule has 0 spiro atoms. The second-order valence-corrected chi connectivity index (χ2v) is 5.64. The van der Waals surface area contributed by atoms with Gasteiger partial charge in [0, 0.05) is 17.6 Å². The summed E-state index contributed by atoms with van der Waals surface area (Å²) in [5.41, 5.74) is 0. The van der Waals surface area contributed by atoms with E-state index in [1.54, 1.807) is 4.90 Å². The maximum atomic E-state index is 11.9. The Bertz CT molecular complexity index is 506. The van der Waals surface area contributed by atoms with Gasteiger partial charge in [0.25, 0.3) is 0 Å². The largest absolute Gasteiger partial charge is 0.493 e. The Balaban J connectivity index is 1.75. The molecule has 0 aliphatic carbocycles. The van der Waals surface area contributed by atoms with Crippen molar-refractivity contribution in [2.24, 2.45) is 5.92 Å². The van der Waals surface area contributed by atoms with Gasteiger partial charge in [-0.25, -0.2) is 0 Å². The SMILES string of the molecule is O=C(O)C1CCN(C(=O)CCOc2cccc(Br)c2)C1. The maximum absolute atomic E-state index is 11.9. The zero-order valence-corrected chi connectivity index (χ0v) is 12.5. The number of ether oxygens (including phenoxy) is 1. The molecule has 1 N–H and O–H groups in total. The maximum Gasteiger partial charge on any atom is 0.308 e. The average Bonchev–Trinajstić information content (AvgIpc) is 2.88. The third-order valence-electron chi connectivity index (χ3n) is 3.27. The number of likely N-dealkylation sites (tertiary alicyclic amines) is 1. The number of carboxylic acid groups (broad SMARTS) is 1. The topological polar surface area (TPSA) is 66.8 Å². The minimum Gasteiger partial charge on any atom is -0.493 e. The number of aliphatic carboxylic acids is 1. The van der Waals surface area contributed by atoms with Crippen LogP contribution in [-0.2, 0) is 9.59 Å². The number of rotatable bonds is 5. The van der Waals surface area contributed by atoms with Crippen molar-refractivity contribution in [1.29, 1.82) is 0 Å². The first-order valence-corrected chi connectivity index (χ1v) is 7.24. The molecule has 5 nitrogen and oxygen atoms in total. The lowest BCUT2D eigenvalue weighted by atomic mass is 10.1. The highest BCUT2D eigenvalue weighted by atomic mass is 79.9. The molecular weight excluding hydrogens is 326 g/mol. The Labute approximate surface area is 125 Å². The van der Waals surface area contributed by atoms with Gasteiger partial charge in [-0.2, -0.15) is 0 Å². The Morgan fingerprint density at radius 3 is 2.90 bits per heavy atom. The first-order valence-electron chi connectivity index (χ1n) is 6.45. The zero-order chi connectivity index (χ0) is 14.5. The van der Waals surface area contributed by atoms with Crippen molar-refractivity contribution in [2.45, 2.75) is 12.8 Å². The first kappa shape index (κ1) is 14.8. The third-order valence-corrected chi connectivity index (χ3v) is 3.76. The molecule has 1 unspecified atom stereocenters. The van der Waals surface area contributed by atoms with Gasteiger partial charge in [0.05, 0.1) is 18.9 Å². The van der Waals surface area contributed by atoms with Gasteiger partial charge in [-0.15, -0.1) is 0 Å². The van der Waals surface area contributed by atoms with Gasteiger partial charge in [-0.3, -0.25) is 9.59 Å². The van der Waals surface area contributed by atoms with Crippen LogP contribution < -0.4 is 4.74 Å². The first-order chi connectivity index (χ1) is 9.56. The van der Waals surface area contributed by atoms with Crippen molar-refractivity contribution >= 4 is 27.8 Å². The van der Waals surface area contributed by atoms with Crippen molar-refractivity contribution in [3.8, 4) is 5.75 Å². The summed E-state index contributed by atoms with van der Waals surface area (Å²) in [6.07, 6.45) is 0.798. The molecule has 1 aliphatic heterocycles. The van der Waals surface area contributed by atoms with Crippen molar-refractivity contribution in [3.05, 3.63) is 28.7 Å². The highest BCUT2D eigenvalue weighted by Crippen LogP contribution is 2.19. The summed E-state index contributed by atoms with van der Waals surface area (Å²) in [6.45, 7) is 1.13. The van der Waals surface area contributed by atoms with E-state index in [1.807, 2.05) is 24.3 Å². The van der Waals surface area contributed by atoms with Crippen molar-refractivity contribution in [1.82, 2.24) is 4.90 Å². The van der Waals surface area contributed by atoms with Gasteiger partial charge < -0.3 is 14.7 Å². The van der Waals surface area contributed by atoms with E-state index in [1.165, 1.54) is 0 Å². The summed E-state index contributed by atoms with van der Waals surface area (Å²) in [5.74, 6) is -0.601. The minimum atomic E-state index is -0.828. The number of nitrogens with zero attached hydrogens (tertiary/aromatic N) is 1. The van der Waals surface area contributed by atoms with Crippen LogP contribution in [-0.4, -0.2) is 41.6 Å². The van der Waals surface area contributed by atoms with Crippen molar-refractivity contribution < 1.29 is 19.4 Å². The van der Waals surface area contributed by atoms with Gasteiger partial charge in [-0.05, 0) is 24.6 Å². The standard InChI is InChI=1S/C14H16BrNO4/c15-11-2-1-3-12(8-11)20-7-5-13(17)16-6-4-10(9-16)14(18)19/h1-3,8,10H,4-7,9H2,(H,18,19). The molecule has 0 aromatic heterocycles. The number of carbonyl (C=O) groups is 2. The number of halogens is 1. The third kappa shape index (κ3) is 3.96. The molecule has 0 bridgehead atoms. The number of carbonyl (C=O) groups excluding carboxylic acids is 1. The summed E-state index contributed by atoms with van der Waals surface area (Å²) in [7, 11) is 0. The Hall–Kier alpha value is -1.56. The lowest BCUT2D eigenvalue weighted by Crippen LogP contribution is -2.30. The second kappa shape index (κ2) is 6.74. The van der Waals surface area contributed by atoms with E-state index in [4.69, 9.17) is 9.84 Å². The van der Waals surface area contributed by atoms with Crippen molar-refractivity contribution in [2.75, 3.05) is 19.7 Å². The zero-order valence-electron chi connectivity index (χ0n) is 10.9. The van der Waals surface area contributed by atoms with Gasteiger partial charge in [0.1, 0.15) is 5.75 Å². The molecule has 1 saturated heterocycles. The second-order valence-electron chi connectivity index (χ2n) is 4.72. The van der Waals surface area contributed by atoms with E-state index < -0.39 is 11.9 Å². The van der Waals surface area contributed by atoms with Crippen LogP contribution in [0.2, 0.25) is 0 Å². The summed E-state index contributed by atoms with van der Waals surface area (Å²) >= 11 is 3.35. The van der Waals surface area contributed by atoms with Crippen LogP contribution in [0.4, 0.5) is 0 Å². The van der Waals surface area contributed by atoms with E-state index >= 15 is 0 Å². The molecule has 0 radical (unpaired) electrons. The predicted octanol–water partition coefficient (Wildman–Crippen LogP) is 2.15. The highest BCUT2D eigenvalue weighted by molar-refractivity contribution is 9.10. The highest BCUT2D eigenvalue weighted by Gasteiger charge is 2.30. The number of hydrogen-bond acceptors (Lipinski definition) is 3. The summed E-state index contributed by atoms with van der Waals surface area (Å²) < 4.78 is 6.42. The monoisotopic (exact) mass is 341 g/mol. The summed E-state index contributed by atoms with van der Waals surface area (Å²) in [6, 6.07) is 7.42. The average molecular weight is 342 g/mol. The quantitative estimate of drug-likeness (QED) is 0.890. The lowest BCUT2D eigenvalue weighted by Gasteiger charge is -2.16. The van der Waals surface area contributed by atoms with Crippen LogP contribution in [0.15, 0.2) is 28.7 Å². The molecule has 1 heterocycles. The van der Waals surface area contributed by atoms with Crippen LogP contribution >= 0.6 is 15.9 Å². The van der Waals surface area contributed by atoms with E-state index in [0.717, 1.165) is 4.47 Å². The van der Waals surface area contributed by atoms with E-state index in [2.05, 4.69) is 15.9 Å². The fraction of sp³-hybridized carbons (Fsp3) is 0.429. The summed E-state index contributed by atoms with van der Waals surface area (Å²) in [5, 5.41) is 8.90. The van der Waals surface area contributed by atoms with E-state index in [9.17, 15) is 9.59 Å². The molecule has 1 atom stereocenters. The van der Waals surface area contributed by atoms with E-state index in [0.29, 0.717) is 31.9 Å². The molecule has 6 heteroatoms. The molecule has 1 fully saturated rings. The van der Waals surface area contributed by atoms with E-state index in [-0.39, 0.29) is 12.3 Å². The lowest BCUT2D eigenvalue weighted by molar-refractivity contribution is -0.141. The molecule has 20 heavy (non-hydrogen) atoms. The van der Waals surface area contributed by atoms with Crippen molar-refractivity contribution in [3.63, 3.8) is 0 Å². The van der Waals surface area contributed by atoms with Crippen LogP contribution in [0.3, 0.4) is 0 Å². The molecule has 0 saturated carbocycles. The smallest absolute Gasteiger partial charge is 0.308 e. The van der Waals surface area contributed by atoms with Gasteiger partial charge in [0.15, 0.2) is 0 Å². The Kier molecular flexibility index (Phi) is 5.00. The van der Waals surface area contributed by atoms with Gasteiger partial charge in [-0.1, -0.05) is 22.0 Å². The normalized spacial score (nSPS) is 18.1. The molecule has 1 aromatic carbocycles. The molecule has 2 rings (SSSR count). The molecule has 108 valence electrons. The molecule has 1 aliphatic rings. The fourth-order valence-corrected chi connectivity index (χ4v) is 2.54. The Morgan fingerprint density at radius 1 is 1.45 bits per heavy atom. The number of benzene rings is 1. The number of carboxylic acids is 1. The summed E-state index contributed by atoms with van der Waals surface area (Å²) in [4.78, 5) is 24.3. The van der Waals surface area contributed by atoms with Crippen LogP contribution in [0.1, 0.15) is 12.8 Å².